The second-order valence-corrected chi connectivity index (χ2v) is 7.37. The van der Waals surface area contributed by atoms with E-state index in [0.717, 1.165) is 11.5 Å². The van der Waals surface area contributed by atoms with Crippen LogP contribution in [-0.4, -0.2) is 56.6 Å². The van der Waals surface area contributed by atoms with Crippen molar-refractivity contribution >= 4 is 17.5 Å². The Morgan fingerprint density at radius 1 is 1.18 bits per heavy atom. The molecular weight excluding hydrogens is 359 g/mol. The Morgan fingerprint density at radius 3 is 2.68 bits per heavy atom. The number of halogens is 1. The van der Waals surface area contributed by atoms with Crippen LogP contribution in [0.25, 0.3) is 5.78 Å². The summed E-state index contributed by atoms with van der Waals surface area (Å²) in [7, 11) is 0. The Labute approximate surface area is 162 Å². The minimum Gasteiger partial charge on any atom is -0.353 e. The minimum atomic E-state index is -0.314. The van der Waals surface area contributed by atoms with Crippen LogP contribution in [-0.2, 0) is 11.2 Å². The third kappa shape index (κ3) is 3.67. The minimum absolute atomic E-state index is 0.0222. The summed E-state index contributed by atoms with van der Waals surface area (Å²) in [5.74, 6) is 1.47. The van der Waals surface area contributed by atoms with Gasteiger partial charge in [0, 0.05) is 37.9 Å². The van der Waals surface area contributed by atoms with Crippen LogP contribution in [0.2, 0.25) is 0 Å². The summed E-state index contributed by atoms with van der Waals surface area (Å²) < 4.78 is 15.2. The van der Waals surface area contributed by atoms with E-state index in [1.165, 1.54) is 12.1 Å². The third-order valence-electron chi connectivity index (χ3n) is 5.09. The zero-order chi connectivity index (χ0) is 19.7. The van der Waals surface area contributed by atoms with Crippen LogP contribution >= 0.6 is 0 Å². The Hall–Kier alpha value is -3.03. The molecule has 0 saturated carbocycles. The molecule has 0 spiro atoms. The Morgan fingerprint density at radius 2 is 1.96 bits per heavy atom. The van der Waals surface area contributed by atoms with Crippen molar-refractivity contribution in [1.29, 1.82) is 0 Å². The normalized spacial score (nSPS) is 14.9. The van der Waals surface area contributed by atoms with Gasteiger partial charge >= 0.3 is 0 Å². The fourth-order valence-corrected chi connectivity index (χ4v) is 3.55. The molecule has 146 valence electrons. The van der Waals surface area contributed by atoms with Crippen molar-refractivity contribution in [3.8, 4) is 0 Å². The van der Waals surface area contributed by atoms with Gasteiger partial charge in [-0.1, -0.05) is 26.0 Å². The summed E-state index contributed by atoms with van der Waals surface area (Å²) in [5.41, 5.74) is 1.81. The molecule has 4 rings (SSSR count). The maximum atomic E-state index is 13.3. The van der Waals surface area contributed by atoms with Gasteiger partial charge in [-0.2, -0.15) is 4.98 Å². The lowest BCUT2D eigenvalue weighted by Gasteiger charge is -2.35. The number of anilines is 1. The zero-order valence-corrected chi connectivity index (χ0v) is 16.0. The number of benzene rings is 1. The molecule has 0 unspecified atom stereocenters. The van der Waals surface area contributed by atoms with Crippen molar-refractivity contribution in [2.45, 2.75) is 26.2 Å². The SMILES string of the molecule is CC(C)c1cc(N2CCN(C(=O)Cc3cccc(F)c3)CC2)nc2nncn12. The highest BCUT2D eigenvalue weighted by molar-refractivity contribution is 5.79. The molecule has 1 aliphatic rings. The summed E-state index contributed by atoms with van der Waals surface area (Å²) >= 11 is 0. The highest BCUT2D eigenvalue weighted by Gasteiger charge is 2.23. The lowest BCUT2D eigenvalue weighted by molar-refractivity contribution is -0.130. The number of aromatic nitrogens is 4. The van der Waals surface area contributed by atoms with Gasteiger partial charge in [0.15, 0.2) is 0 Å². The van der Waals surface area contributed by atoms with Crippen molar-refractivity contribution in [2.75, 3.05) is 31.1 Å². The van der Waals surface area contributed by atoms with Gasteiger partial charge in [-0.05, 0) is 23.6 Å². The van der Waals surface area contributed by atoms with Gasteiger partial charge in [0.2, 0.25) is 5.91 Å². The van der Waals surface area contributed by atoms with E-state index in [1.54, 1.807) is 18.5 Å². The third-order valence-corrected chi connectivity index (χ3v) is 5.09. The van der Waals surface area contributed by atoms with Crippen molar-refractivity contribution < 1.29 is 9.18 Å². The first-order chi connectivity index (χ1) is 13.5. The first-order valence-corrected chi connectivity index (χ1v) is 9.49. The number of amides is 1. The molecule has 0 radical (unpaired) electrons. The van der Waals surface area contributed by atoms with Crippen molar-refractivity contribution in [1.82, 2.24) is 24.5 Å². The first kappa shape index (κ1) is 18.3. The fraction of sp³-hybridized carbons (Fsp3) is 0.400. The average Bonchev–Trinajstić information content (AvgIpc) is 3.16. The molecule has 1 aromatic carbocycles. The molecule has 1 fully saturated rings. The molecule has 3 heterocycles. The number of hydrogen-bond acceptors (Lipinski definition) is 5. The van der Waals surface area contributed by atoms with Crippen LogP contribution in [0.5, 0.6) is 0 Å². The molecule has 3 aromatic rings. The monoisotopic (exact) mass is 382 g/mol. The van der Waals surface area contributed by atoms with Crippen LogP contribution in [0.1, 0.15) is 31.0 Å². The predicted octanol–water partition coefficient (Wildman–Crippen LogP) is 2.28. The molecular formula is C20H23FN6O. The molecule has 0 aliphatic carbocycles. The van der Waals surface area contributed by atoms with Crippen LogP contribution in [0.15, 0.2) is 36.7 Å². The quantitative estimate of drug-likeness (QED) is 0.693. The Balaban J connectivity index is 1.44. The van der Waals surface area contributed by atoms with Crippen molar-refractivity contribution in [2.24, 2.45) is 0 Å². The van der Waals surface area contributed by atoms with E-state index in [-0.39, 0.29) is 18.1 Å². The van der Waals surface area contributed by atoms with E-state index in [0.29, 0.717) is 43.4 Å². The zero-order valence-electron chi connectivity index (χ0n) is 16.0. The number of carbonyl (C=O) groups excluding carboxylic acids is 1. The second kappa shape index (κ2) is 7.53. The van der Waals surface area contributed by atoms with Crippen LogP contribution in [0, 0.1) is 5.82 Å². The Kier molecular flexibility index (Phi) is 4.93. The lowest BCUT2D eigenvalue weighted by atomic mass is 10.1. The summed E-state index contributed by atoms with van der Waals surface area (Å²) in [6, 6.07) is 8.29. The van der Waals surface area contributed by atoms with Gasteiger partial charge in [0.05, 0.1) is 6.42 Å². The Bertz CT molecular complexity index is 993. The van der Waals surface area contributed by atoms with Crippen LogP contribution < -0.4 is 4.90 Å². The molecule has 8 heteroatoms. The van der Waals surface area contributed by atoms with Gasteiger partial charge in [-0.25, -0.2) is 4.39 Å². The maximum Gasteiger partial charge on any atom is 0.256 e. The summed E-state index contributed by atoms with van der Waals surface area (Å²) in [6.07, 6.45) is 1.91. The second-order valence-electron chi connectivity index (χ2n) is 7.37. The number of rotatable bonds is 4. The average molecular weight is 382 g/mol. The van der Waals surface area contributed by atoms with Gasteiger partial charge in [-0.15, -0.1) is 10.2 Å². The molecule has 1 aliphatic heterocycles. The van der Waals surface area contributed by atoms with Crippen LogP contribution in [0.4, 0.5) is 10.2 Å². The fourth-order valence-electron chi connectivity index (χ4n) is 3.55. The predicted molar refractivity (Wildman–Crippen MR) is 104 cm³/mol. The number of hydrogen-bond donors (Lipinski definition) is 0. The standard InChI is InChI=1S/C20H23FN6O/c1-14(2)17-12-18(23-20-24-22-13-27(17)20)25-6-8-26(9-7-25)19(28)11-15-4-3-5-16(21)10-15/h3-5,10,12-14H,6-9,11H2,1-2H3. The molecule has 7 nitrogen and oxygen atoms in total. The highest BCUT2D eigenvalue weighted by Crippen LogP contribution is 2.22. The van der Waals surface area contributed by atoms with E-state index < -0.39 is 0 Å². The molecule has 0 atom stereocenters. The molecule has 1 amide bonds. The van der Waals surface area contributed by atoms with Crippen molar-refractivity contribution in [3.05, 3.63) is 53.7 Å². The molecule has 28 heavy (non-hydrogen) atoms. The highest BCUT2D eigenvalue weighted by atomic mass is 19.1. The number of fused-ring (bicyclic) bond motifs is 1. The van der Waals surface area contributed by atoms with E-state index in [2.05, 4.69) is 40.0 Å². The number of piperazine rings is 1. The van der Waals surface area contributed by atoms with Gasteiger partial charge in [0.1, 0.15) is 18.0 Å². The summed E-state index contributed by atoms with van der Waals surface area (Å²) in [6.45, 7) is 6.88. The smallest absolute Gasteiger partial charge is 0.256 e. The largest absolute Gasteiger partial charge is 0.353 e. The molecule has 0 N–H and O–H groups in total. The lowest BCUT2D eigenvalue weighted by Crippen LogP contribution is -2.49. The van der Waals surface area contributed by atoms with Crippen LogP contribution in [0.3, 0.4) is 0 Å². The maximum absolute atomic E-state index is 13.3. The summed E-state index contributed by atoms with van der Waals surface area (Å²) in [4.78, 5) is 21.2. The number of carbonyl (C=O) groups is 1. The number of nitrogens with zero attached hydrogens (tertiary/aromatic N) is 6. The van der Waals surface area contributed by atoms with E-state index in [1.807, 2.05) is 9.30 Å². The summed E-state index contributed by atoms with van der Waals surface area (Å²) in [5, 5.41) is 8.06. The van der Waals surface area contributed by atoms with Gasteiger partial charge in [0.25, 0.3) is 5.78 Å². The van der Waals surface area contributed by atoms with Gasteiger partial charge < -0.3 is 9.80 Å². The molecule has 1 saturated heterocycles. The molecule has 2 aromatic heterocycles. The van der Waals surface area contributed by atoms with Crippen molar-refractivity contribution in [3.63, 3.8) is 0 Å². The van der Waals surface area contributed by atoms with E-state index in [4.69, 9.17) is 0 Å². The van der Waals surface area contributed by atoms with E-state index >= 15 is 0 Å². The van der Waals surface area contributed by atoms with Gasteiger partial charge in [-0.3, -0.25) is 9.20 Å². The first-order valence-electron chi connectivity index (χ1n) is 9.49. The topological polar surface area (TPSA) is 66.6 Å². The molecule has 0 bridgehead atoms. The van der Waals surface area contributed by atoms with E-state index in [9.17, 15) is 9.18 Å².